The number of furan rings is 1. The molecule has 0 unspecified atom stereocenters. The molecule has 1 N–H and O–H groups in total. The zero-order valence-corrected chi connectivity index (χ0v) is 11.5. The summed E-state index contributed by atoms with van der Waals surface area (Å²) in [6, 6.07) is 2.90. The Bertz CT molecular complexity index is 586. The summed E-state index contributed by atoms with van der Waals surface area (Å²) in [7, 11) is 0. The number of hydrogen-bond acceptors (Lipinski definition) is 5. The van der Waals surface area contributed by atoms with Crippen LogP contribution in [0.4, 0.5) is 0 Å². The minimum absolute atomic E-state index is 0.738. The number of nitrogens with one attached hydrogen (secondary N) is 1. The van der Waals surface area contributed by atoms with Crippen molar-refractivity contribution in [3.8, 4) is 0 Å². The molecule has 0 saturated heterocycles. The van der Waals surface area contributed by atoms with Crippen LogP contribution in [0.2, 0.25) is 0 Å². The molecule has 1 aliphatic carbocycles. The molecule has 20 heavy (non-hydrogen) atoms. The maximum atomic E-state index is 5.67. The second-order valence-corrected chi connectivity index (χ2v) is 5.73. The number of nitrogens with zero attached hydrogens (tertiary/aromatic N) is 4. The van der Waals surface area contributed by atoms with Crippen molar-refractivity contribution < 1.29 is 4.42 Å². The van der Waals surface area contributed by atoms with Crippen LogP contribution >= 0.6 is 0 Å². The van der Waals surface area contributed by atoms with Crippen LogP contribution in [-0.4, -0.2) is 32.3 Å². The summed E-state index contributed by atoms with van der Waals surface area (Å²) in [5.74, 6) is 2.07. The van der Waals surface area contributed by atoms with Crippen molar-refractivity contribution in [3.05, 3.63) is 35.8 Å². The zero-order valence-electron chi connectivity index (χ0n) is 11.5. The Morgan fingerprint density at radius 2 is 2.30 bits per heavy atom. The van der Waals surface area contributed by atoms with Crippen molar-refractivity contribution in [2.45, 2.75) is 45.1 Å². The standard InChI is InChI=1S/C14H19N5O/c1-2-12(1)15-6-11-5-13(20-9-11)7-18-3-4-19-10-16-17-14(19)8-18/h5,9-10,12,15H,1-4,6-8H2. The van der Waals surface area contributed by atoms with E-state index in [2.05, 4.69) is 31.0 Å². The van der Waals surface area contributed by atoms with Gasteiger partial charge in [-0.15, -0.1) is 10.2 Å². The van der Waals surface area contributed by atoms with Crippen LogP contribution in [0.1, 0.15) is 30.0 Å². The van der Waals surface area contributed by atoms with Gasteiger partial charge in [0.25, 0.3) is 0 Å². The molecular formula is C14H19N5O. The first-order valence-electron chi connectivity index (χ1n) is 7.25. The maximum absolute atomic E-state index is 5.67. The van der Waals surface area contributed by atoms with E-state index in [1.165, 1.54) is 18.4 Å². The third kappa shape index (κ3) is 2.62. The molecule has 1 fully saturated rings. The van der Waals surface area contributed by atoms with Gasteiger partial charge in [-0.3, -0.25) is 4.90 Å². The van der Waals surface area contributed by atoms with E-state index in [1.807, 2.05) is 6.26 Å². The van der Waals surface area contributed by atoms with Crippen LogP contribution in [0.15, 0.2) is 23.1 Å². The van der Waals surface area contributed by atoms with Gasteiger partial charge in [-0.25, -0.2) is 0 Å². The number of hydrogen-bond donors (Lipinski definition) is 1. The highest BCUT2D eigenvalue weighted by atomic mass is 16.3. The van der Waals surface area contributed by atoms with Crippen molar-refractivity contribution in [2.24, 2.45) is 0 Å². The highest BCUT2D eigenvalue weighted by Gasteiger charge is 2.21. The Hall–Kier alpha value is -1.66. The van der Waals surface area contributed by atoms with Gasteiger partial charge < -0.3 is 14.3 Å². The molecule has 1 saturated carbocycles. The highest BCUT2D eigenvalue weighted by Crippen LogP contribution is 2.20. The molecule has 6 heteroatoms. The van der Waals surface area contributed by atoms with Gasteiger partial charge in [-0.2, -0.15) is 0 Å². The lowest BCUT2D eigenvalue weighted by atomic mass is 10.2. The lowest BCUT2D eigenvalue weighted by Crippen LogP contribution is -2.33. The largest absolute Gasteiger partial charge is 0.468 e. The van der Waals surface area contributed by atoms with Gasteiger partial charge in [0, 0.05) is 31.2 Å². The summed E-state index contributed by atoms with van der Waals surface area (Å²) in [5, 5.41) is 11.6. The van der Waals surface area contributed by atoms with Crippen LogP contribution in [0, 0.1) is 0 Å². The minimum Gasteiger partial charge on any atom is -0.468 e. The van der Waals surface area contributed by atoms with Gasteiger partial charge in [-0.05, 0) is 18.9 Å². The summed E-state index contributed by atoms with van der Waals surface area (Å²) < 4.78 is 7.78. The first kappa shape index (κ1) is 12.1. The third-order valence-electron chi connectivity index (χ3n) is 3.98. The molecule has 2 aromatic heterocycles. The van der Waals surface area contributed by atoms with Crippen LogP contribution in [0.25, 0.3) is 0 Å². The molecule has 0 bridgehead atoms. The van der Waals surface area contributed by atoms with Gasteiger partial charge in [-0.1, -0.05) is 0 Å². The quantitative estimate of drug-likeness (QED) is 0.885. The molecule has 6 nitrogen and oxygen atoms in total. The molecule has 0 amide bonds. The number of aromatic nitrogens is 3. The predicted octanol–water partition coefficient (Wildman–Crippen LogP) is 1.14. The summed E-state index contributed by atoms with van der Waals surface area (Å²) in [4.78, 5) is 2.35. The SMILES string of the molecule is c1oc(CN2CCn3cnnc3C2)cc1CNC1CC1. The van der Waals surface area contributed by atoms with Crippen LogP contribution in [0.5, 0.6) is 0 Å². The summed E-state index contributed by atoms with van der Waals surface area (Å²) in [5.41, 5.74) is 1.24. The zero-order chi connectivity index (χ0) is 13.4. The van der Waals surface area contributed by atoms with Crippen molar-refractivity contribution in [3.63, 3.8) is 0 Å². The van der Waals surface area contributed by atoms with Crippen molar-refractivity contribution in [2.75, 3.05) is 6.54 Å². The Morgan fingerprint density at radius 3 is 3.20 bits per heavy atom. The summed E-state index contributed by atoms with van der Waals surface area (Å²) in [6.45, 7) is 4.58. The molecule has 2 aliphatic rings. The Balaban J connectivity index is 1.34. The normalized spacial score (nSPS) is 19.2. The molecule has 4 rings (SSSR count). The number of fused-ring (bicyclic) bond motifs is 1. The molecule has 106 valence electrons. The van der Waals surface area contributed by atoms with E-state index in [1.54, 1.807) is 6.33 Å². The van der Waals surface area contributed by atoms with Gasteiger partial charge in [0.05, 0.1) is 19.4 Å². The average molecular weight is 273 g/mol. The van der Waals surface area contributed by atoms with Crippen molar-refractivity contribution >= 4 is 0 Å². The lowest BCUT2D eigenvalue weighted by Gasteiger charge is -2.25. The monoisotopic (exact) mass is 273 g/mol. The van der Waals surface area contributed by atoms with Crippen LogP contribution in [0.3, 0.4) is 0 Å². The highest BCUT2D eigenvalue weighted by molar-refractivity contribution is 5.13. The Kier molecular flexibility index (Phi) is 3.05. The minimum atomic E-state index is 0.738. The molecule has 0 atom stereocenters. The second-order valence-electron chi connectivity index (χ2n) is 5.73. The fraction of sp³-hybridized carbons (Fsp3) is 0.571. The first-order chi connectivity index (χ1) is 9.87. The number of rotatable bonds is 5. The molecule has 0 aromatic carbocycles. The average Bonchev–Trinajstić information content (AvgIpc) is 2.99. The topological polar surface area (TPSA) is 59.1 Å². The van der Waals surface area contributed by atoms with Crippen LogP contribution < -0.4 is 5.32 Å². The van der Waals surface area contributed by atoms with E-state index in [0.717, 1.165) is 50.4 Å². The van der Waals surface area contributed by atoms with Crippen molar-refractivity contribution in [1.29, 1.82) is 0 Å². The van der Waals surface area contributed by atoms with E-state index < -0.39 is 0 Å². The molecule has 2 aromatic rings. The van der Waals surface area contributed by atoms with E-state index in [4.69, 9.17) is 4.42 Å². The van der Waals surface area contributed by atoms with Crippen LogP contribution in [-0.2, 0) is 26.2 Å². The predicted molar refractivity (Wildman–Crippen MR) is 72.7 cm³/mol. The van der Waals surface area contributed by atoms with E-state index in [9.17, 15) is 0 Å². The first-order valence-corrected chi connectivity index (χ1v) is 7.25. The Labute approximate surface area is 117 Å². The molecule has 1 aliphatic heterocycles. The van der Waals surface area contributed by atoms with Gasteiger partial charge >= 0.3 is 0 Å². The molecule has 3 heterocycles. The van der Waals surface area contributed by atoms with Crippen molar-refractivity contribution in [1.82, 2.24) is 25.0 Å². The van der Waals surface area contributed by atoms with Gasteiger partial charge in [0.1, 0.15) is 17.9 Å². The smallest absolute Gasteiger partial charge is 0.147 e. The second kappa shape index (κ2) is 5.03. The molecule has 0 radical (unpaired) electrons. The van der Waals surface area contributed by atoms with E-state index in [0.29, 0.717) is 0 Å². The maximum Gasteiger partial charge on any atom is 0.147 e. The van der Waals surface area contributed by atoms with Gasteiger partial charge in [0.2, 0.25) is 0 Å². The fourth-order valence-corrected chi connectivity index (χ4v) is 2.62. The van der Waals surface area contributed by atoms with E-state index in [-0.39, 0.29) is 0 Å². The summed E-state index contributed by atoms with van der Waals surface area (Å²) in [6.07, 6.45) is 6.32. The summed E-state index contributed by atoms with van der Waals surface area (Å²) >= 11 is 0. The third-order valence-corrected chi connectivity index (χ3v) is 3.98. The molecule has 0 spiro atoms. The Morgan fingerprint density at radius 1 is 1.35 bits per heavy atom. The van der Waals surface area contributed by atoms with Gasteiger partial charge in [0.15, 0.2) is 0 Å². The molecular weight excluding hydrogens is 254 g/mol. The van der Waals surface area contributed by atoms with E-state index >= 15 is 0 Å². The lowest BCUT2D eigenvalue weighted by molar-refractivity contribution is 0.194. The fourth-order valence-electron chi connectivity index (χ4n) is 2.62.